The van der Waals surface area contributed by atoms with Crippen LogP contribution in [0.4, 0.5) is 0 Å². The summed E-state index contributed by atoms with van der Waals surface area (Å²) < 4.78 is 0. The van der Waals surface area contributed by atoms with Crippen molar-refractivity contribution in [3.05, 3.63) is 35.9 Å². The van der Waals surface area contributed by atoms with Crippen LogP contribution in [0.1, 0.15) is 37.9 Å². The minimum Gasteiger partial charge on any atom is -0.388 e. The number of rotatable bonds is 7. The SMILES string of the molecule is CCCCN(C)CCC(O)c1ccccc1. The summed E-state index contributed by atoms with van der Waals surface area (Å²) in [6.07, 6.45) is 2.94. The van der Waals surface area contributed by atoms with E-state index in [1.807, 2.05) is 30.3 Å². The van der Waals surface area contributed by atoms with Gasteiger partial charge in [-0.15, -0.1) is 0 Å². The van der Waals surface area contributed by atoms with Gasteiger partial charge in [0.05, 0.1) is 6.10 Å². The minimum atomic E-state index is -0.328. The van der Waals surface area contributed by atoms with Crippen LogP contribution in [0.2, 0.25) is 0 Å². The molecule has 1 aromatic carbocycles. The van der Waals surface area contributed by atoms with Gasteiger partial charge in [-0.25, -0.2) is 0 Å². The fourth-order valence-corrected chi connectivity index (χ4v) is 1.72. The van der Waals surface area contributed by atoms with E-state index in [4.69, 9.17) is 0 Å². The second kappa shape index (κ2) is 7.42. The van der Waals surface area contributed by atoms with Gasteiger partial charge in [-0.2, -0.15) is 0 Å². The lowest BCUT2D eigenvalue weighted by Gasteiger charge is -2.18. The normalized spacial score (nSPS) is 13.0. The quantitative estimate of drug-likeness (QED) is 0.765. The van der Waals surface area contributed by atoms with E-state index in [9.17, 15) is 5.11 Å². The van der Waals surface area contributed by atoms with E-state index in [1.54, 1.807) is 0 Å². The molecule has 0 saturated heterocycles. The van der Waals surface area contributed by atoms with E-state index < -0.39 is 0 Å². The number of benzene rings is 1. The molecule has 2 heteroatoms. The van der Waals surface area contributed by atoms with Crippen molar-refractivity contribution in [2.45, 2.75) is 32.3 Å². The second-order valence-corrected chi connectivity index (χ2v) is 4.37. The van der Waals surface area contributed by atoms with Crippen LogP contribution in [0.3, 0.4) is 0 Å². The molecule has 0 heterocycles. The van der Waals surface area contributed by atoms with E-state index in [0.717, 1.165) is 25.1 Å². The molecule has 0 saturated carbocycles. The smallest absolute Gasteiger partial charge is 0.0802 e. The molecule has 0 radical (unpaired) electrons. The number of aliphatic hydroxyl groups excluding tert-OH is 1. The van der Waals surface area contributed by atoms with Gasteiger partial charge in [-0.05, 0) is 32.0 Å². The Morgan fingerprint density at radius 2 is 1.88 bits per heavy atom. The van der Waals surface area contributed by atoms with Crippen molar-refractivity contribution in [1.29, 1.82) is 0 Å². The Bertz CT molecular complexity index is 273. The molecule has 0 aliphatic carbocycles. The average molecular weight is 221 g/mol. The van der Waals surface area contributed by atoms with E-state index in [-0.39, 0.29) is 6.10 Å². The van der Waals surface area contributed by atoms with Gasteiger partial charge in [0.1, 0.15) is 0 Å². The molecule has 1 N–H and O–H groups in total. The van der Waals surface area contributed by atoms with Gasteiger partial charge in [0.25, 0.3) is 0 Å². The highest BCUT2D eigenvalue weighted by Crippen LogP contribution is 2.15. The maximum atomic E-state index is 9.97. The Hall–Kier alpha value is -0.860. The Kier molecular flexibility index (Phi) is 6.12. The standard InChI is InChI=1S/C14H23NO/c1-3-4-11-15(2)12-10-14(16)13-8-6-5-7-9-13/h5-9,14,16H,3-4,10-12H2,1-2H3. The van der Waals surface area contributed by atoms with Gasteiger partial charge in [-0.3, -0.25) is 0 Å². The summed E-state index contributed by atoms with van der Waals surface area (Å²) in [6.45, 7) is 4.28. The van der Waals surface area contributed by atoms with E-state index in [0.29, 0.717) is 0 Å². The number of hydrogen-bond donors (Lipinski definition) is 1. The van der Waals surface area contributed by atoms with Gasteiger partial charge in [0.15, 0.2) is 0 Å². The van der Waals surface area contributed by atoms with Crippen LogP contribution in [-0.2, 0) is 0 Å². The first-order valence-electron chi connectivity index (χ1n) is 6.15. The summed E-state index contributed by atoms with van der Waals surface area (Å²) in [7, 11) is 2.12. The van der Waals surface area contributed by atoms with Crippen molar-refractivity contribution in [3.8, 4) is 0 Å². The van der Waals surface area contributed by atoms with Crippen LogP contribution in [0.15, 0.2) is 30.3 Å². The van der Waals surface area contributed by atoms with Crippen molar-refractivity contribution in [2.24, 2.45) is 0 Å². The van der Waals surface area contributed by atoms with Crippen LogP contribution in [0, 0.1) is 0 Å². The lowest BCUT2D eigenvalue weighted by Crippen LogP contribution is -2.22. The molecule has 16 heavy (non-hydrogen) atoms. The van der Waals surface area contributed by atoms with Crippen molar-refractivity contribution in [1.82, 2.24) is 4.90 Å². The molecule has 0 bridgehead atoms. The molecule has 90 valence electrons. The van der Waals surface area contributed by atoms with Crippen LogP contribution in [-0.4, -0.2) is 30.1 Å². The number of unbranched alkanes of at least 4 members (excludes halogenated alkanes) is 1. The van der Waals surface area contributed by atoms with Crippen molar-refractivity contribution in [3.63, 3.8) is 0 Å². The fraction of sp³-hybridized carbons (Fsp3) is 0.571. The highest BCUT2D eigenvalue weighted by atomic mass is 16.3. The number of aliphatic hydroxyl groups is 1. The third-order valence-corrected chi connectivity index (χ3v) is 2.86. The molecule has 2 nitrogen and oxygen atoms in total. The van der Waals surface area contributed by atoms with Crippen LogP contribution in [0.25, 0.3) is 0 Å². The van der Waals surface area contributed by atoms with Crippen molar-refractivity contribution < 1.29 is 5.11 Å². The molecule has 0 amide bonds. The number of nitrogens with zero attached hydrogens (tertiary/aromatic N) is 1. The Morgan fingerprint density at radius 1 is 1.19 bits per heavy atom. The molecule has 0 aliphatic rings. The Morgan fingerprint density at radius 3 is 2.50 bits per heavy atom. The van der Waals surface area contributed by atoms with Gasteiger partial charge < -0.3 is 10.0 Å². The first-order valence-corrected chi connectivity index (χ1v) is 6.15. The highest BCUT2D eigenvalue weighted by Gasteiger charge is 2.07. The molecular formula is C14H23NO. The second-order valence-electron chi connectivity index (χ2n) is 4.37. The van der Waals surface area contributed by atoms with Crippen LogP contribution in [0.5, 0.6) is 0 Å². The molecule has 0 aromatic heterocycles. The zero-order chi connectivity index (χ0) is 11.8. The Balaban J connectivity index is 2.27. The summed E-state index contributed by atoms with van der Waals surface area (Å²) in [4.78, 5) is 2.29. The van der Waals surface area contributed by atoms with E-state index >= 15 is 0 Å². The summed E-state index contributed by atoms with van der Waals surface area (Å²) in [5, 5.41) is 9.97. The van der Waals surface area contributed by atoms with Crippen LogP contribution < -0.4 is 0 Å². The molecule has 1 aromatic rings. The zero-order valence-corrected chi connectivity index (χ0v) is 10.4. The maximum absolute atomic E-state index is 9.97. The van der Waals surface area contributed by atoms with Crippen LogP contribution >= 0.6 is 0 Å². The lowest BCUT2D eigenvalue weighted by atomic mass is 10.1. The summed E-state index contributed by atoms with van der Waals surface area (Å²) in [5.41, 5.74) is 1.02. The molecule has 0 spiro atoms. The largest absolute Gasteiger partial charge is 0.388 e. The van der Waals surface area contributed by atoms with E-state index in [2.05, 4.69) is 18.9 Å². The van der Waals surface area contributed by atoms with Crippen molar-refractivity contribution >= 4 is 0 Å². The van der Waals surface area contributed by atoms with Crippen molar-refractivity contribution in [2.75, 3.05) is 20.1 Å². The van der Waals surface area contributed by atoms with Gasteiger partial charge in [0.2, 0.25) is 0 Å². The van der Waals surface area contributed by atoms with Gasteiger partial charge >= 0.3 is 0 Å². The highest BCUT2D eigenvalue weighted by molar-refractivity contribution is 5.17. The first-order chi connectivity index (χ1) is 7.74. The van der Waals surface area contributed by atoms with E-state index in [1.165, 1.54) is 12.8 Å². The third kappa shape index (κ3) is 4.77. The summed E-state index contributed by atoms with van der Waals surface area (Å²) in [5.74, 6) is 0. The summed E-state index contributed by atoms with van der Waals surface area (Å²) >= 11 is 0. The third-order valence-electron chi connectivity index (χ3n) is 2.86. The first kappa shape index (κ1) is 13.2. The van der Waals surface area contributed by atoms with Gasteiger partial charge in [-0.1, -0.05) is 43.7 Å². The summed E-state index contributed by atoms with van der Waals surface area (Å²) in [6, 6.07) is 9.88. The Labute approximate surface area is 98.9 Å². The average Bonchev–Trinajstić information content (AvgIpc) is 2.34. The number of hydrogen-bond acceptors (Lipinski definition) is 2. The minimum absolute atomic E-state index is 0.328. The fourth-order valence-electron chi connectivity index (χ4n) is 1.72. The molecule has 1 rings (SSSR count). The molecule has 1 unspecified atom stereocenters. The molecule has 0 aliphatic heterocycles. The molecule has 0 fully saturated rings. The lowest BCUT2D eigenvalue weighted by molar-refractivity contribution is 0.149. The predicted octanol–water partition coefficient (Wildman–Crippen LogP) is 2.84. The maximum Gasteiger partial charge on any atom is 0.0802 e. The zero-order valence-electron chi connectivity index (χ0n) is 10.4. The van der Waals surface area contributed by atoms with Gasteiger partial charge in [0, 0.05) is 6.54 Å². The molecule has 1 atom stereocenters. The monoisotopic (exact) mass is 221 g/mol. The topological polar surface area (TPSA) is 23.5 Å². The predicted molar refractivity (Wildman–Crippen MR) is 68.4 cm³/mol. The molecular weight excluding hydrogens is 198 g/mol.